The lowest BCUT2D eigenvalue weighted by Crippen LogP contribution is -2.02. The number of aryl methyl sites for hydroxylation is 1. The SMILES string of the molecule is CCCc1ccc(C(O)c2snnc2C(C)C)cc1. The zero-order valence-electron chi connectivity index (χ0n) is 11.6. The molecule has 1 heterocycles. The lowest BCUT2D eigenvalue weighted by atomic mass is 10.0. The number of rotatable bonds is 5. The first kappa shape index (κ1) is 14.2. The molecule has 1 aromatic heterocycles. The van der Waals surface area contributed by atoms with Crippen molar-refractivity contribution in [2.24, 2.45) is 0 Å². The van der Waals surface area contributed by atoms with Crippen molar-refractivity contribution in [2.75, 3.05) is 0 Å². The van der Waals surface area contributed by atoms with Crippen LogP contribution in [0, 0.1) is 0 Å². The van der Waals surface area contributed by atoms with E-state index < -0.39 is 6.10 Å². The van der Waals surface area contributed by atoms with E-state index in [2.05, 4.69) is 42.5 Å². The number of aliphatic hydroxyl groups is 1. The van der Waals surface area contributed by atoms with Gasteiger partial charge in [0.15, 0.2) is 0 Å². The van der Waals surface area contributed by atoms with Gasteiger partial charge in [-0.1, -0.05) is 55.9 Å². The Kier molecular flexibility index (Phi) is 4.66. The first-order valence-electron chi connectivity index (χ1n) is 6.72. The maximum Gasteiger partial charge on any atom is 0.117 e. The molecule has 19 heavy (non-hydrogen) atoms. The van der Waals surface area contributed by atoms with Gasteiger partial charge in [-0.15, -0.1) is 5.10 Å². The van der Waals surface area contributed by atoms with E-state index in [0.29, 0.717) is 0 Å². The number of aromatic nitrogens is 2. The third kappa shape index (κ3) is 3.19. The molecule has 0 amide bonds. The Morgan fingerprint density at radius 3 is 2.47 bits per heavy atom. The quantitative estimate of drug-likeness (QED) is 0.905. The molecule has 4 heteroatoms. The smallest absolute Gasteiger partial charge is 0.117 e. The van der Waals surface area contributed by atoms with Crippen LogP contribution in [0.4, 0.5) is 0 Å². The Morgan fingerprint density at radius 1 is 1.21 bits per heavy atom. The van der Waals surface area contributed by atoms with Gasteiger partial charge in [-0.2, -0.15) is 0 Å². The van der Waals surface area contributed by atoms with E-state index in [1.807, 2.05) is 12.1 Å². The Labute approximate surface area is 118 Å². The average molecular weight is 276 g/mol. The number of nitrogens with zero attached hydrogens (tertiary/aromatic N) is 2. The van der Waals surface area contributed by atoms with E-state index in [9.17, 15) is 5.11 Å². The summed E-state index contributed by atoms with van der Waals surface area (Å²) in [5.74, 6) is 0.280. The van der Waals surface area contributed by atoms with Gasteiger partial charge in [0.2, 0.25) is 0 Å². The number of hydrogen-bond donors (Lipinski definition) is 1. The van der Waals surface area contributed by atoms with Crippen LogP contribution in [-0.2, 0) is 6.42 Å². The van der Waals surface area contributed by atoms with Gasteiger partial charge in [-0.3, -0.25) is 0 Å². The molecule has 1 unspecified atom stereocenters. The second kappa shape index (κ2) is 6.26. The second-order valence-corrected chi connectivity index (χ2v) is 5.86. The standard InChI is InChI=1S/C15H20N2OS/c1-4-5-11-6-8-12(9-7-11)14(18)15-13(10(2)3)16-17-19-15/h6-10,14,18H,4-5H2,1-3H3. The Morgan fingerprint density at radius 2 is 1.89 bits per heavy atom. The molecule has 0 saturated heterocycles. The largest absolute Gasteiger partial charge is 0.383 e. The van der Waals surface area contributed by atoms with Crippen molar-refractivity contribution in [1.29, 1.82) is 0 Å². The highest BCUT2D eigenvalue weighted by atomic mass is 32.1. The molecule has 1 atom stereocenters. The minimum atomic E-state index is -0.618. The predicted molar refractivity (Wildman–Crippen MR) is 78.5 cm³/mol. The predicted octanol–water partition coefficient (Wildman–Crippen LogP) is 3.70. The van der Waals surface area contributed by atoms with Crippen LogP contribution in [0.1, 0.15) is 60.9 Å². The summed E-state index contributed by atoms with van der Waals surface area (Å²) in [6.45, 7) is 6.30. The summed E-state index contributed by atoms with van der Waals surface area (Å²) < 4.78 is 3.97. The Balaban J connectivity index is 2.23. The number of aliphatic hydroxyl groups excluding tert-OH is 1. The van der Waals surface area contributed by atoms with Crippen LogP contribution in [0.2, 0.25) is 0 Å². The van der Waals surface area contributed by atoms with Gasteiger partial charge in [0.05, 0.1) is 10.6 Å². The van der Waals surface area contributed by atoms with Crippen molar-refractivity contribution >= 4 is 11.5 Å². The fourth-order valence-corrected chi connectivity index (χ4v) is 2.92. The van der Waals surface area contributed by atoms with Crippen LogP contribution in [0.15, 0.2) is 24.3 Å². The van der Waals surface area contributed by atoms with Gasteiger partial charge in [-0.05, 0) is 35.0 Å². The minimum absolute atomic E-state index is 0.280. The van der Waals surface area contributed by atoms with Crippen LogP contribution in [-0.4, -0.2) is 14.7 Å². The zero-order chi connectivity index (χ0) is 13.8. The van der Waals surface area contributed by atoms with E-state index in [0.717, 1.165) is 29.0 Å². The summed E-state index contributed by atoms with van der Waals surface area (Å²) in [5, 5.41) is 14.6. The molecule has 1 N–H and O–H groups in total. The van der Waals surface area contributed by atoms with Crippen LogP contribution in [0.5, 0.6) is 0 Å². The summed E-state index contributed by atoms with van der Waals surface area (Å²) in [6.07, 6.45) is 1.60. The highest BCUT2D eigenvalue weighted by Gasteiger charge is 2.20. The molecule has 0 saturated carbocycles. The highest BCUT2D eigenvalue weighted by Crippen LogP contribution is 2.30. The number of hydrogen-bond acceptors (Lipinski definition) is 4. The molecule has 0 radical (unpaired) electrons. The summed E-state index contributed by atoms with van der Waals surface area (Å²) in [4.78, 5) is 0.859. The van der Waals surface area contributed by atoms with Gasteiger partial charge in [-0.25, -0.2) is 0 Å². The van der Waals surface area contributed by atoms with Crippen molar-refractivity contribution in [2.45, 2.75) is 45.6 Å². The molecule has 102 valence electrons. The number of benzene rings is 1. The van der Waals surface area contributed by atoms with Crippen LogP contribution in [0.3, 0.4) is 0 Å². The third-order valence-electron chi connectivity index (χ3n) is 3.17. The molecular weight excluding hydrogens is 256 g/mol. The maximum absolute atomic E-state index is 10.5. The first-order chi connectivity index (χ1) is 9.13. The molecule has 0 spiro atoms. The lowest BCUT2D eigenvalue weighted by Gasteiger charge is -2.12. The third-order valence-corrected chi connectivity index (χ3v) is 3.96. The first-order valence-corrected chi connectivity index (χ1v) is 7.49. The fraction of sp³-hybridized carbons (Fsp3) is 0.467. The van der Waals surface area contributed by atoms with Crippen LogP contribution >= 0.6 is 11.5 Å². The molecule has 0 aliphatic heterocycles. The van der Waals surface area contributed by atoms with Crippen molar-refractivity contribution in [3.63, 3.8) is 0 Å². The van der Waals surface area contributed by atoms with Gasteiger partial charge >= 0.3 is 0 Å². The van der Waals surface area contributed by atoms with Crippen LogP contribution < -0.4 is 0 Å². The molecular formula is C15H20N2OS. The topological polar surface area (TPSA) is 46.0 Å². The molecule has 0 aliphatic carbocycles. The molecule has 2 rings (SSSR count). The zero-order valence-corrected chi connectivity index (χ0v) is 12.4. The van der Waals surface area contributed by atoms with Crippen molar-refractivity contribution in [3.05, 3.63) is 46.0 Å². The van der Waals surface area contributed by atoms with E-state index in [1.54, 1.807) is 0 Å². The van der Waals surface area contributed by atoms with E-state index in [4.69, 9.17) is 0 Å². The summed E-state index contributed by atoms with van der Waals surface area (Å²) >= 11 is 1.28. The summed E-state index contributed by atoms with van der Waals surface area (Å²) in [6, 6.07) is 8.18. The second-order valence-electron chi connectivity index (χ2n) is 5.07. The van der Waals surface area contributed by atoms with Gasteiger partial charge in [0.25, 0.3) is 0 Å². The van der Waals surface area contributed by atoms with E-state index in [1.165, 1.54) is 17.1 Å². The lowest BCUT2D eigenvalue weighted by molar-refractivity contribution is 0.222. The van der Waals surface area contributed by atoms with Crippen molar-refractivity contribution in [1.82, 2.24) is 9.59 Å². The minimum Gasteiger partial charge on any atom is -0.383 e. The monoisotopic (exact) mass is 276 g/mol. The normalized spacial score (nSPS) is 12.9. The van der Waals surface area contributed by atoms with Gasteiger partial charge in [0.1, 0.15) is 6.10 Å². The Hall–Kier alpha value is -1.26. The summed E-state index contributed by atoms with van der Waals surface area (Å²) in [5.41, 5.74) is 3.12. The van der Waals surface area contributed by atoms with Crippen molar-refractivity contribution in [3.8, 4) is 0 Å². The van der Waals surface area contributed by atoms with Crippen molar-refractivity contribution < 1.29 is 5.11 Å². The summed E-state index contributed by atoms with van der Waals surface area (Å²) in [7, 11) is 0. The van der Waals surface area contributed by atoms with Crippen LogP contribution in [0.25, 0.3) is 0 Å². The molecule has 0 fully saturated rings. The van der Waals surface area contributed by atoms with E-state index in [-0.39, 0.29) is 5.92 Å². The molecule has 1 aromatic carbocycles. The molecule has 2 aromatic rings. The van der Waals surface area contributed by atoms with Gasteiger partial charge < -0.3 is 5.11 Å². The van der Waals surface area contributed by atoms with E-state index >= 15 is 0 Å². The maximum atomic E-state index is 10.5. The Bertz CT molecular complexity index is 519. The molecule has 0 aliphatic rings. The fourth-order valence-electron chi connectivity index (χ4n) is 2.10. The average Bonchev–Trinajstić information content (AvgIpc) is 2.88. The molecule has 3 nitrogen and oxygen atoms in total. The highest BCUT2D eigenvalue weighted by molar-refractivity contribution is 7.05. The molecule has 0 bridgehead atoms. The van der Waals surface area contributed by atoms with Gasteiger partial charge in [0, 0.05) is 0 Å².